The molecule has 3 heterocycles. The van der Waals surface area contributed by atoms with Gasteiger partial charge in [-0.05, 0) is 44.4 Å². The molecule has 1 aromatic carbocycles. The van der Waals surface area contributed by atoms with Crippen LogP contribution in [0, 0.1) is 0 Å². The van der Waals surface area contributed by atoms with Gasteiger partial charge in [-0.25, -0.2) is 9.59 Å². The number of carbonyl (C=O) groups is 3. The Morgan fingerprint density at radius 3 is 2.40 bits per heavy atom. The molecule has 0 unspecified atom stereocenters. The summed E-state index contributed by atoms with van der Waals surface area (Å²) in [6, 6.07) is 13.3. The third kappa shape index (κ3) is 10.7. The average molecular weight is 609 g/mol. The van der Waals surface area contributed by atoms with E-state index in [1.54, 1.807) is 54.8 Å². The molecule has 1 aliphatic heterocycles. The van der Waals surface area contributed by atoms with E-state index in [0.29, 0.717) is 44.2 Å². The molecule has 11 nitrogen and oxygen atoms in total. The molecule has 0 aliphatic carbocycles. The van der Waals surface area contributed by atoms with Crippen LogP contribution in [-0.4, -0.2) is 84.4 Å². The minimum absolute atomic E-state index is 0.145. The lowest BCUT2D eigenvalue weighted by Crippen LogP contribution is -2.46. The van der Waals surface area contributed by atoms with Crippen LogP contribution in [-0.2, 0) is 22.4 Å². The Hall–Kier alpha value is -4.00. The first-order valence-electron chi connectivity index (χ1n) is 14.4. The smallest absolute Gasteiger partial charge is 0.412 e. The van der Waals surface area contributed by atoms with Gasteiger partial charge in [-0.3, -0.25) is 20.0 Å². The third-order valence-corrected chi connectivity index (χ3v) is 7.33. The van der Waals surface area contributed by atoms with Crippen molar-refractivity contribution < 1.29 is 23.9 Å². The van der Waals surface area contributed by atoms with E-state index in [9.17, 15) is 14.4 Å². The van der Waals surface area contributed by atoms with Gasteiger partial charge < -0.3 is 25.0 Å². The number of urea groups is 1. The minimum atomic E-state index is -0.643. The summed E-state index contributed by atoms with van der Waals surface area (Å²) in [4.78, 5) is 46.7. The molecule has 0 bridgehead atoms. The van der Waals surface area contributed by atoms with Crippen molar-refractivity contribution in [3.63, 3.8) is 0 Å². The molecule has 0 spiro atoms. The predicted molar refractivity (Wildman–Crippen MR) is 168 cm³/mol. The molecule has 0 saturated carbocycles. The third-order valence-electron chi connectivity index (χ3n) is 6.59. The first-order chi connectivity index (χ1) is 20.7. The topological polar surface area (TPSA) is 125 Å². The SMILES string of the molecule is CC(C)(C)OC(=O)Nc1cscc1NC(=O)c1ccc(CN(CCN2CCOCC2)C(=O)NCCc2ccccc2)cn1. The second kappa shape index (κ2) is 15.5. The Morgan fingerprint density at radius 2 is 1.72 bits per heavy atom. The molecule has 0 radical (unpaired) electrons. The summed E-state index contributed by atoms with van der Waals surface area (Å²) in [5, 5.41) is 11.9. The largest absolute Gasteiger partial charge is 0.444 e. The Kier molecular flexibility index (Phi) is 11.5. The first-order valence-corrected chi connectivity index (χ1v) is 15.3. The number of hydrogen-bond acceptors (Lipinski definition) is 8. The van der Waals surface area contributed by atoms with Gasteiger partial charge >= 0.3 is 12.1 Å². The van der Waals surface area contributed by atoms with Gasteiger partial charge in [-0.2, -0.15) is 0 Å². The summed E-state index contributed by atoms with van der Waals surface area (Å²) in [6.45, 7) is 10.6. The molecule has 4 amide bonds. The van der Waals surface area contributed by atoms with Gasteiger partial charge in [0.1, 0.15) is 11.3 Å². The number of nitrogens with zero attached hydrogens (tertiary/aromatic N) is 3. The first kappa shape index (κ1) is 31.9. The number of pyridine rings is 1. The second-order valence-corrected chi connectivity index (χ2v) is 11.9. The number of morpholine rings is 1. The van der Waals surface area contributed by atoms with Gasteiger partial charge in [-0.15, -0.1) is 11.3 Å². The molecule has 1 saturated heterocycles. The van der Waals surface area contributed by atoms with Crippen LogP contribution >= 0.6 is 11.3 Å². The van der Waals surface area contributed by atoms with Crippen molar-refractivity contribution in [3.8, 4) is 0 Å². The number of hydrogen-bond donors (Lipinski definition) is 3. The molecular formula is C31H40N6O5S. The Balaban J connectivity index is 1.35. The molecule has 12 heteroatoms. The fourth-order valence-electron chi connectivity index (χ4n) is 4.37. The van der Waals surface area contributed by atoms with E-state index >= 15 is 0 Å². The highest BCUT2D eigenvalue weighted by atomic mass is 32.1. The number of nitrogens with one attached hydrogen (secondary N) is 3. The Morgan fingerprint density at radius 1 is 1.00 bits per heavy atom. The van der Waals surface area contributed by atoms with Crippen LogP contribution in [0.2, 0.25) is 0 Å². The predicted octanol–water partition coefficient (Wildman–Crippen LogP) is 4.83. The molecule has 230 valence electrons. The van der Waals surface area contributed by atoms with Crippen molar-refractivity contribution >= 4 is 40.7 Å². The number of ether oxygens (including phenoxy) is 2. The summed E-state index contributed by atoms with van der Waals surface area (Å²) in [5.74, 6) is -0.417. The van der Waals surface area contributed by atoms with Crippen molar-refractivity contribution in [1.82, 2.24) is 20.1 Å². The van der Waals surface area contributed by atoms with Crippen molar-refractivity contribution in [3.05, 3.63) is 76.2 Å². The summed E-state index contributed by atoms with van der Waals surface area (Å²) in [5.41, 5.74) is 2.43. The molecule has 1 aliphatic rings. The number of amides is 4. The minimum Gasteiger partial charge on any atom is -0.444 e. The van der Waals surface area contributed by atoms with Gasteiger partial charge in [0.25, 0.3) is 5.91 Å². The van der Waals surface area contributed by atoms with E-state index in [2.05, 4.69) is 25.8 Å². The van der Waals surface area contributed by atoms with Crippen molar-refractivity contribution in [1.29, 1.82) is 0 Å². The average Bonchev–Trinajstić information content (AvgIpc) is 3.41. The maximum atomic E-state index is 13.2. The standard InChI is InChI=1S/C31H40N6O5S/c1-31(2,3)42-30(40)35-27-22-43-21-26(27)34-28(38)25-10-9-24(19-33-25)20-37(14-13-36-15-17-41-18-16-36)29(39)32-12-11-23-7-5-4-6-8-23/h4-10,19,21-22H,11-18,20H2,1-3H3,(H,32,39)(H,34,38)(H,35,40). The highest BCUT2D eigenvalue weighted by Gasteiger charge is 2.20. The van der Waals surface area contributed by atoms with Crippen LogP contribution in [0.15, 0.2) is 59.4 Å². The van der Waals surface area contributed by atoms with E-state index < -0.39 is 17.6 Å². The summed E-state index contributed by atoms with van der Waals surface area (Å²) in [6.07, 6.45) is 1.75. The number of rotatable bonds is 11. The van der Waals surface area contributed by atoms with E-state index in [-0.39, 0.29) is 11.7 Å². The van der Waals surface area contributed by atoms with Crippen LogP contribution in [0.4, 0.5) is 21.0 Å². The molecular weight excluding hydrogens is 568 g/mol. The van der Waals surface area contributed by atoms with Crippen LogP contribution in [0.5, 0.6) is 0 Å². The lowest BCUT2D eigenvalue weighted by molar-refractivity contribution is 0.0346. The van der Waals surface area contributed by atoms with E-state index in [1.165, 1.54) is 11.3 Å². The van der Waals surface area contributed by atoms with Crippen LogP contribution in [0.25, 0.3) is 0 Å². The monoisotopic (exact) mass is 608 g/mol. The van der Waals surface area contributed by atoms with Gasteiger partial charge in [0, 0.05) is 56.2 Å². The van der Waals surface area contributed by atoms with Crippen molar-refractivity contribution in [2.24, 2.45) is 0 Å². The number of anilines is 2. The molecule has 3 aromatic rings. The second-order valence-electron chi connectivity index (χ2n) is 11.2. The Bertz CT molecular complexity index is 1340. The lowest BCUT2D eigenvalue weighted by Gasteiger charge is -2.30. The molecule has 3 N–H and O–H groups in total. The van der Waals surface area contributed by atoms with Crippen LogP contribution < -0.4 is 16.0 Å². The zero-order valence-electron chi connectivity index (χ0n) is 24.9. The Labute approximate surface area is 256 Å². The zero-order chi connectivity index (χ0) is 30.7. The summed E-state index contributed by atoms with van der Waals surface area (Å²) in [7, 11) is 0. The number of thiophene rings is 1. The molecule has 1 fully saturated rings. The van der Waals surface area contributed by atoms with Gasteiger partial charge in [0.15, 0.2) is 0 Å². The van der Waals surface area contributed by atoms with Gasteiger partial charge in [0.05, 0.1) is 24.6 Å². The fourth-order valence-corrected chi connectivity index (χ4v) is 5.08. The quantitative estimate of drug-likeness (QED) is 0.285. The molecule has 2 aromatic heterocycles. The van der Waals surface area contributed by atoms with E-state index in [0.717, 1.165) is 37.2 Å². The number of carbonyl (C=O) groups excluding carboxylic acids is 3. The number of benzene rings is 1. The maximum Gasteiger partial charge on any atom is 0.412 e. The van der Waals surface area contributed by atoms with Crippen molar-refractivity contribution in [2.75, 3.05) is 56.6 Å². The van der Waals surface area contributed by atoms with Crippen molar-refractivity contribution in [2.45, 2.75) is 39.3 Å². The molecule has 43 heavy (non-hydrogen) atoms. The highest BCUT2D eigenvalue weighted by molar-refractivity contribution is 7.09. The molecule has 0 atom stereocenters. The summed E-state index contributed by atoms with van der Waals surface area (Å²) >= 11 is 1.34. The normalized spacial score (nSPS) is 13.7. The highest BCUT2D eigenvalue weighted by Crippen LogP contribution is 2.27. The van der Waals surface area contributed by atoms with Gasteiger partial charge in [-0.1, -0.05) is 36.4 Å². The van der Waals surface area contributed by atoms with Crippen LogP contribution in [0.3, 0.4) is 0 Å². The number of aromatic nitrogens is 1. The van der Waals surface area contributed by atoms with E-state index in [4.69, 9.17) is 9.47 Å². The molecule has 4 rings (SSSR count). The van der Waals surface area contributed by atoms with Gasteiger partial charge in [0.2, 0.25) is 0 Å². The van der Waals surface area contributed by atoms with Crippen LogP contribution in [0.1, 0.15) is 42.4 Å². The fraction of sp³-hybridized carbons (Fsp3) is 0.419. The van der Waals surface area contributed by atoms with E-state index in [1.807, 2.05) is 30.3 Å². The summed E-state index contributed by atoms with van der Waals surface area (Å²) < 4.78 is 10.7. The lowest BCUT2D eigenvalue weighted by atomic mass is 10.1. The maximum absolute atomic E-state index is 13.2. The zero-order valence-corrected chi connectivity index (χ0v) is 25.7.